The minimum Gasteiger partial charge on any atom is -0.391 e. The zero-order valence-corrected chi connectivity index (χ0v) is 13.3. The second-order valence-corrected chi connectivity index (χ2v) is 5.64. The maximum Gasteiger partial charge on any atom is 0.160 e. The average molecular weight is 324 g/mol. The van der Waals surface area contributed by atoms with Crippen molar-refractivity contribution in [3.8, 4) is 0 Å². The lowest BCUT2D eigenvalue weighted by Gasteiger charge is -2.21. The van der Waals surface area contributed by atoms with Crippen LogP contribution >= 0.6 is 0 Å². The third-order valence-corrected chi connectivity index (χ3v) is 3.60. The van der Waals surface area contributed by atoms with Gasteiger partial charge in [0.05, 0.1) is 37.6 Å². The van der Waals surface area contributed by atoms with Crippen molar-refractivity contribution in [2.75, 3.05) is 20.0 Å². The van der Waals surface area contributed by atoms with Gasteiger partial charge in [0.25, 0.3) is 0 Å². The highest BCUT2D eigenvalue weighted by atomic mass is 16.7. The number of hydrogen-bond donors (Lipinski definition) is 4. The quantitative estimate of drug-likeness (QED) is 0.298. The van der Waals surface area contributed by atoms with Crippen LogP contribution in [0.25, 0.3) is 0 Å². The molecule has 7 atom stereocenters. The Morgan fingerprint density at radius 3 is 2.36 bits per heavy atom. The molecule has 0 aromatic heterocycles. The lowest BCUT2D eigenvalue weighted by molar-refractivity contribution is -0.176. The van der Waals surface area contributed by atoms with Gasteiger partial charge in [-0.05, 0) is 20.8 Å². The Hall–Kier alpha value is -0.320. The van der Waals surface area contributed by atoms with Crippen LogP contribution in [0.4, 0.5) is 0 Å². The standard InChI is InChI=1S/C14H28O8/c1-8(15)12(17)5-19-7-21-9(2)13(18)6-20-14-4-11(16)10(3)22-14/h8-18H,4-7H2,1-3H3/t8?,9?,10?,11-,12-,13+,14?/m0/s1. The second-order valence-electron chi connectivity index (χ2n) is 5.64. The molecule has 4 unspecified atom stereocenters. The molecule has 1 aliphatic heterocycles. The third kappa shape index (κ3) is 6.84. The van der Waals surface area contributed by atoms with Gasteiger partial charge < -0.3 is 39.4 Å². The van der Waals surface area contributed by atoms with Gasteiger partial charge in [-0.1, -0.05) is 0 Å². The highest BCUT2D eigenvalue weighted by Crippen LogP contribution is 2.21. The van der Waals surface area contributed by atoms with Crippen LogP contribution in [0.1, 0.15) is 27.2 Å². The summed E-state index contributed by atoms with van der Waals surface area (Å²) >= 11 is 0. The van der Waals surface area contributed by atoms with Crippen molar-refractivity contribution in [1.82, 2.24) is 0 Å². The Labute approximate surface area is 130 Å². The van der Waals surface area contributed by atoms with Crippen molar-refractivity contribution in [3.05, 3.63) is 0 Å². The number of rotatable bonds is 10. The number of aliphatic hydroxyl groups is 4. The lowest BCUT2D eigenvalue weighted by Crippen LogP contribution is -2.34. The van der Waals surface area contributed by atoms with Gasteiger partial charge in [-0.15, -0.1) is 0 Å². The highest BCUT2D eigenvalue weighted by molar-refractivity contribution is 4.74. The second kappa shape index (κ2) is 9.74. The van der Waals surface area contributed by atoms with E-state index in [9.17, 15) is 15.3 Å². The molecule has 8 nitrogen and oxygen atoms in total. The van der Waals surface area contributed by atoms with E-state index in [1.807, 2.05) is 0 Å². The van der Waals surface area contributed by atoms with Crippen molar-refractivity contribution in [2.45, 2.75) is 70.1 Å². The Bertz CT molecular complexity index is 291. The minimum atomic E-state index is -0.972. The molecule has 8 heteroatoms. The summed E-state index contributed by atoms with van der Waals surface area (Å²) in [6.07, 6.45) is -4.22. The molecular weight excluding hydrogens is 296 g/mol. The van der Waals surface area contributed by atoms with E-state index in [1.165, 1.54) is 6.92 Å². The molecule has 0 bridgehead atoms. The van der Waals surface area contributed by atoms with Gasteiger partial charge in [0.1, 0.15) is 19.0 Å². The van der Waals surface area contributed by atoms with Crippen LogP contribution in [0, 0.1) is 0 Å². The van der Waals surface area contributed by atoms with Gasteiger partial charge >= 0.3 is 0 Å². The van der Waals surface area contributed by atoms with Gasteiger partial charge in [0.15, 0.2) is 6.29 Å². The summed E-state index contributed by atoms with van der Waals surface area (Å²) in [5.74, 6) is 0. The number of hydrogen-bond acceptors (Lipinski definition) is 8. The van der Waals surface area contributed by atoms with Crippen LogP contribution in [0.3, 0.4) is 0 Å². The number of aliphatic hydroxyl groups excluding tert-OH is 4. The molecule has 1 saturated heterocycles. The molecule has 132 valence electrons. The summed E-state index contributed by atoms with van der Waals surface area (Å²) < 4.78 is 21.0. The summed E-state index contributed by atoms with van der Waals surface area (Å²) in [6, 6.07) is 0. The molecule has 0 spiro atoms. The summed E-state index contributed by atoms with van der Waals surface area (Å²) in [6.45, 7) is 4.73. The van der Waals surface area contributed by atoms with E-state index < -0.39 is 36.8 Å². The smallest absolute Gasteiger partial charge is 0.160 e. The van der Waals surface area contributed by atoms with Crippen LogP contribution in [-0.4, -0.2) is 83.3 Å². The Morgan fingerprint density at radius 2 is 1.82 bits per heavy atom. The first kappa shape index (κ1) is 19.7. The Balaban J connectivity index is 2.10. The van der Waals surface area contributed by atoms with Crippen molar-refractivity contribution < 1.29 is 39.4 Å². The molecule has 1 rings (SSSR count). The van der Waals surface area contributed by atoms with Crippen molar-refractivity contribution in [3.63, 3.8) is 0 Å². The monoisotopic (exact) mass is 324 g/mol. The zero-order valence-electron chi connectivity index (χ0n) is 13.3. The van der Waals surface area contributed by atoms with Crippen LogP contribution in [0.15, 0.2) is 0 Å². The van der Waals surface area contributed by atoms with E-state index in [0.717, 1.165) is 0 Å². The van der Waals surface area contributed by atoms with Crippen molar-refractivity contribution >= 4 is 0 Å². The van der Waals surface area contributed by atoms with Gasteiger partial charge in [0, 0.05) is 6.42 Å². The van der Waals surface area contributed by atoms with Crippen LogP contribution in [0.5, 0.6) is 0 Å². The minimum absolute atomic E-state index is 0.0154. The fraction of sp³-hybridized carbons (Fsp3) is 1.00. The highest BCUT2D eigenvalue weighted by Gasteiger charge is 2.32. The summed E-state index contributed by atoms with van der Waals surface area (Å²) in [4.78, 5) is 0. The molecule has 0 aliphatic carbocycles. The molecule has 0 radical (unpaired) electrons. The molecule has 0 aromatic rings. The first-order valence-electron chi connectivity index (χ1n) is 7.50. The molecule has 1 fully saturated rings. The molecule has 22 heavy (non-hydrogen) atoms. The topological polar surface area (TPSA) is 118 Å². The largest absolute Gasteiger partial charge is 0.391 e. The predicted octanol–water partition coefficient (Wildman–Crippen LogP) is -1.02. The molecule has 0 amide bonds. The van der Waals surface area contributed by atoms with E-state index in [0.29, 0.717) is 6.42 Å². The maximum atomic E-state index is 9.89. The van der Waals surface area contributed by atoms with E-state index in [4.69, 9.17) is 24.1 Å². The fourth-order valence-electron chi connectivity index (χ4n) is 1.80. The molecule has 1 aliphatic rings. The van der Waals surface area contributed by atoms with E-state index >= 15 is 0 Å². The summed E-state index contributed by atoms with van der Waals surface area (Å²) in [5.41, 5.74) is 0. The molecule has 0 aromatic carbocycles. The normalized spacial score (nSPS) is 31.0. The summed E-state index contributed by atoms with van der Waals surface area (Å²) in [7, 11) is 0. The fourth-order valence-corrected chi connectivity index (χ4v) is 1.80. The van der Waals surface area contributed by atoms with Gasteiger partial charge in [0.2, 0.25) is 0 Å². The van der Waals surface area contributed by atoms with E-state index in [1.54, 1.807) is 13.8 Å². The van der Waals surface area contributed by atoms with E-state index in [-0.39, 0.29) is 26.1 Å². The van der Waals surface area contributed by atoms with Crippen LogP contribution < -0.4 is 0 Å². The molecule has 0 saturated carbocycles. The SMILES string of the molecule is CC(OCOC[C@H](O)C(C)O)[C@H](O)COC1C[C@H](O)C(C)O1. The Morgan fingerprint density at radius 1 is 1.14 bits per heavy atom. The lowest BCUT2D eigenvalue weighted by atomic mass is 10.2. The van der Waals surface area contributed by atoms with Crippen LogP contribution in [0.2, 0.25) is 0 Å². The first-order chi connectivity index (χ1) is 10.3. The van der Waals surface area contributed by atoms with Gasteiger partial charge in [-0.2, -0.15) is 0 Å². The molecular formula is C14H28O8. The third-order valence-electron chi connectivity index (χ3n) is 3.60. The molecule has 1 heterocycles. The molecule has 4 N–H and O–H groups in total. The number of ether oxygens (including phenoxy) is 4. The van der Waals surface area contributed by atoms with Crippen LogP contribution in [-0.2, 0) is 18.9 Å². The average Bonchev–Trinajstić information content (AvgIpc) is 2.79. The van der Waals surface area contributed by atoms with Crippen molar-refractivity contribution in [2.24, 2.45) is 0 Å². The zero-order chi connectivity index (χ0) is 16.7. The van der Waals surface area contributed by atoms with E-state index in [2.05, 4.69) is 0 Å². The van der Waals surface area contributed by atoms with Crippen molar-refractivity contribution in [1.29, 1.82) is 0 Å². The predicted molar refractivity (Wildman–Crippen MR) is 76.0 cm³/mol. The maximum absolute atomic E-state index is 9.89. The summed E-state index contributed by atoms with van der Waals surface area (Å²) in [5, 5.41) is 37.8. The van der Waals surface area contributed by atoms with Gasteiger partial charge in [-0.25, -0.2) is 0 Å². The Kier molecular flexibility index (Phi) is 8.73. The first-order valence-corrected chi connectivity index (χ1v) is 7.50. The van der Waals surface area contributed by atoms with Gasteiger partial charge in [-0.3, -0.25) is 0 Å².